The highest BCUT2D eigenvalue weighted by Crippen LogP contribution is 2.19. The highest BCUT2D eigenvalue weighted by molar-refractivity contribution is 5.84. The van der Waals surface area contributed by atoms with E-state index in [1.165, 1.54) is 0 Å². The van der Waals surface area contributed by atoms with Crippen LogP contribution >= 0.6 is 0 Å². The zero-order valence-electron chi connectivity index (χ0n) is 5.90. The monoisotopic (exact) mass is 148 g/mol. The van der Waals surface area contributed by atoms with Crippen LogP contribution in [-0.4, -0.2) is 12.6 Å². The van der Waals surface area contributed by atoms with Crippen LogP contribution in [0.15, 0.2) is 29.3 Å². The minimum Gasteiger partial charge on any atom is -0.455 e. The van der Waals surface area contributed by atoms with E-state index in [1.807, 2.05) is 24.3 Å². The van der Waals surface area contributed by atoms with Crippen LogP contribution in [0.1, 0.15) is 5.56 Å². The molecule has 2 N–H and O–H groups in total. The normalized spacial score (nSPS) is 20.6. The predicted octanol–water partition coefficient (Wildman–Crippen LogP) is 0.740. The second-order valence-corrected chi connectivity index (χ2v) is 2.32. The number of para-hydroxylation sites is 1. The lowest BCUT2D eigenvalue weighted by atomic mass is 10.2. The zero-order chi connectivity index (χ0) is 7.68. The molecule has 0 saturated carbocycles. The molecule has 1 aliphatic heterocycles. The second-order valence-electron chi connectivity index (χ2n) is 2.32. The molecule has 0 spiro atoms. The molecule has 11 heavy (non-hydrogen) atoms. The molecule has 0 fully saturated rings. The van der Waals surface area contributed by atoms with E-state index in [1.54, 1.807) is 6.21 Å². The molecule has 56 valence electrons. The van der Waals surface area contributed by atoms with Gasteiger partial charge in [-0.2, -0.15) is 0 Å². The Hall–Kier alpha value is -1.35. The van der Waals surface area contributed by atoms with E-state index >= 15 is 0 Å². The van der Waals surface area contributed by atoms with Gasteiger partial charge in [-0.15, -0.1) is 0 Å². The number of nitrogens with two attached hydrogens (primary N) is 1. The number of ether oxygens (including phenoxy) is 1. The van der Waals surface area contributed by atoms with E-state index in [-0.39, 0.29) is 0 Å². The molecule has 1 atom stereocenters. The van der Waals surface area contributed by atoms with E-state index in [2.05, 4.69) is 4.99 Å². The number of hydrogen-bond acceptors (Lipinski definition) is 3. The van der Waals surface area contributed by atoms with Crippen LogP contribution in [0.3, 0.4) is 0 Å². The van der Waals surface area contributed by atoms with Crippen molar-refractivity contribution in [2.75, 3.05) is 0 Å². The maximum absolute atomic E-state index is 5.43. The van der Waals surface area contributed by atoms with Gasteiger partial charge >= 0.3 is 0 Å². The molecule has 0 aliphatic carbocycles. The SMILES string of the molecule is NC1N=Cc2ccccc2O1. The van der Waals surface area contributed by atoms with Gasteiger partial charge in [-0.3, -0.25) is 5.73 Å². The van der Waals surface area contributed by atoms with E-state index in [0.29, 0.717) is 0 Å². The lowest BCUT2D eigenvalue weighted by Crippen LogP contribution is -2.27. The second kappa shape index (κ2) is 2.36. The third-order valence-corrected chi connectivity index (χ3v) is 1.53. The number of aliphatic imine (C=N–C) groups is 1. The average Bonchev–Trinajstić information content (AvgIpc) is 2.04. The predicted molar refractivity (Wildman–Crippen MR) is 42.6 cm³/mol. The third-order valence-electron chi connectivity index (χ3n) is 1.53. The highest BCUT2D eigenvalue weighted by atomic mass is 16.5. The fraction of sp³-hybridized carbons (Fsp3) is 0.125. The van der Waals surface area contributed by atoms with Crippen molar-refractivity contribution in [1.82, 2.24) is 0 Å². The van der Waals surface area contributed by atoms with Gasteiger partial charge in [0.2, 0.25) is 6.35 Å². The smallest absolute Gasteiger partial charge is 0.244 e. The molecule has 1 aromatic rings. The summed E-state index contributed by atoms with van der Waals surface area (Å²) in [4.78, 5) is 3.90. The molecule has 0 bridgehead atoms. The number of benzene rings is 1. The van der Waals surface area contributed by atoms with Crippen molar-refractivity contribution < 1.29 is 4.74 Å². The van der Waals surface area contributed by atoms with Gasteiger partial charge in [-0.05, 0) is 12.1 Å². The maximum Gasteiger partial charge on any atom is 0.244 e. The Bertz CT molecular complexity index is 296. The Kier molecular flexibility index (Phi) is 1.36. The first kappa shape index (κ1) is 6.37. The molecule has 1 unspecified atom stereocenters. The quantitative estimate of drug-likeness (QED) is 0.589. The van der Waals surface area contributed by atoms with E-state index in [9.17, 15) is 0 Å². The topological polar surface area (TPSA) is 47.6 Å². The van der Waals surface area contributed by atoms with E-state index in [0.717, 1.165) is 11.3 Å². The summed E-state index contributed by atoms with van der Waals surface area (Å²) >= 11 is 0. The number of rotatable bonds is 0. The number of hydrogen-bond donors (Lipinski definition) is 1. The average molecular weight is 148 g/mol. The molecule has 3 nitrogen and oxygen atoms in total. The van der Waals surface area contributed by atoms with Crippen molar-refractivity contribution in [3.8, 4) is 5.75 Å². The van der Waals surface area contributed by atoms with Crippen molar-refractivity contribution in [2.24, 2.45) is 10.7 Å². The van der Waals surface area contributed by atoms with Crippen LogP contribution < -0.4 is 10.5 Å². The fourth-order valence-electron chi connectivity index (χ4n) is 1.01. The highest BCUT2D eigenvalue weighted by Gasteiger charge is 2.09. The van der Waals surface area contributed by atoms with E-state index < -0.39 is 6.35 Å². The van der Waals surface area contributed by atoms with Crippen molar-refractivity contribution >= 4 is 6.21 Å². The van der Waals surface area contributed by atoms with Crippen LogP contribution in [0.5, 0.6) is 5.75 Å². The van der Waals surface area contributed by atoms with Gasteiger partial charge in [0, 0.05) is 11.8 Å². The summed E-state index contributed by atoms with van der Waals surface area (Å²) in [6.45, 7) is 0. The van der Waals surface area contributed by atoms with Gasteiger partial charge in [-0.25, -0.2) is 4.99 Å². The first-order chi connectivity index (χ1) is 5.36. The summed E-state index contributed by atoms with van der Waals surface area (Å²) in [5.74, 6) is 0.801. The Morgan fingerprint density at radius 1 is 1.36 bits per heavy atom. The van der Waals surface area contributed by atoms with Crippen LogP contribution in [0.4, 0.5) is 0 Å². The molecule has 1 aliphatic rings. The summed E-state index contributed by atoms with van der Waals surface area (Å²) in [5, 5.41) is 0. The summed E-state index contributed by atoms with van der Waals surface area (Å²) < 4.78 is 5.21. The Morgan fingerprint density at radius 2 is 2.18 bits per heavy atom. The molecule has 1 aromatic carbocycles. The van der Waals surface area contributed by atoms with Crippen molar-refractivity contribution in [1.29, 1.82) is 0 Å². The largest absolute Gasteiger partial charge is 0.455 e. The van der Waals surface area contributed by atoms with Crippen molar-refractivity contribution in [3.63, 3.8) is 0 Å². The van der Waals surface area contributed by atoms with Crippen LogP contribution in [0.25, 0.3) is 0 Å². The molecule has 0 amide bonds. The standard InChI is InChI=1S/C8H8N2O/c9-8-10-5-6-3-1-2-4-7(6)11-8/h1-5,8H,9H2. The summed E-state index contributed by atoms with van der Waals surface area (Å²) in [5.41, 5.74) is 6.41. The summed E-state index contributed by atoms with van der Waals surface area (Å²) in [7, 11) is 0. The van der Waals surface area contributed by atoms with Gasteiger partial charge < -0.3 is 4.74 Å². The molecule has 0 saturated heterocycles. The van der Waals surface area contributed by atoms with Gasteiger partial charge in [0.15, 0.2) is 0 Å². The lowest BCUT2D eigenvalue weighted by Gasteiger charge is -2.16. The van der Waals surface area contributed by atoms with Gasteiger partial charge in [0.25, 0.3) is 0 Å². The minimum atomic E-state index is -0.537. The van der Waals surface area contributed by atoms with Crippen molar-refractivity contribution in [3.05, 3.63) is 29.8 Å². The number of nitrogens with zero attached hydrogens (tertiary/aromatic N) is 1. The number of fused-ring (bicyclic) bond motifs is 1. The first-order valence-corrected chi connectivity index (χ1v) is 3.41. The van der Waals surface area contributed by atoms with Crippen molar-refractivity contribution in [2.45, 2.75) is 6.35 Å². The lowest BCUT2D eigenvalue weighted by molar-refractivity contribution is 0.215. The van der Waals surface area contributed by atoms with Gasteiger partial charge in [0.1, 0.15) is 5.75 Å². The maximum atomic E-state index is 5.43. The molecule has 0 aromatic heterocycles. The first-order valence-electron chi connectivity index (χ1n) is 3.41. The Morgan fingerprint density at radius 3 is 3.09 bits per heavy atom. The summed E-state index contributed by atoms with van der Waals surface area (Å²) in [6, 6.07) is 7.65. The minimum absolute atomic E-state index is 0.537. The Labute approximate surface area is 64.5 Å². The van der Waals surface area contributed by atoms with Crippen LogP contribution in [0, 0.1) is 0 Å². The third kappa shape index (κ3) is 1.10. The Balaban J connectivity index is 2.46. The fourth-order valence-corrected chi connectivity index (χ4v) is 1.01. The zero-order valence-corrected chi connectivity index (χ0v) is 5.90. The molecule has 1 heterocycles. The van der Waals surface area contributed by atoms with Crippen LogP contribution in [0.2, 0.25) is 0 Å². The van der Waals surface area contributed by atoms with E-state index in [4.69, 9.17) is 10.5 Å². The van der Waals surface area contributed by atoms with Gasteiger partial charge in [0.05, 0.1) is 0 Å². The molecular formula is C8H8N2O. The molecule has 0 radical (unpaired) electrons. The molecular weight excluding hydrogens is 140 g/mol. The molecule has 3 heteroatoms. The summed E-state index contributed by atoms with van der Waals surface area (Å²) in [6.07, 6.45) is 1.19. The van der Waals surface area contributed by atoms with Gasteiger partial charge in [-0.1, -0.05) is 12.1 Å². The van der Waals surface area contributed by atoms with Crippen LogP contribution in [-0.2, 0) is 0 Å². The molecule has 2 rings (SSSR count).